The average molecular weight is 664 g/mol. The Balaban J connectivity index is 0.000000694. The van der Waals surface area contributed by atoms with Gasteiger partial charge in [-0.3, -0.25) is 14.9 Å². The Morgan fingerprint density at radius 2 is 1.48 bits per heavy atom. The molecule has 48 heavy (non-hydrogen) atoms. The molecule has 3 N–H and O–H groups in total. The highest BCUT2D eigenvalue weighted by atomic mass is 19.1. The number of ether oxygens (including phenoxy) is 2. The predicted molar refractivity (Wildman–Crippen MR) is 176 cm³/mol. The van der Waals surface area contributed by atoms with Gasteiger partial charge in [0.15, 0.2) is 5.78 Å². The van der Waals surface area contributed by atoms with Gasteiger partial charge in [0.2, 0.25) is 0 Å². The van der Waals surface area contributed by atoms with Crippen molar-refractivity contribution in [3.63, 3.8) is 0 Å². The topological polar surface area (TPSA) is 163 Å². The number of carbonyl (C=O) groups is 5. The fourth-order valence-electron chi connectivity index (χ4n) is 4.97. The van der Waals surface area contributed by atoms with Crippen molar-refractivity contribution >= 4 is 41.1 Å². The lowest BCUT2D eigenvalue weighted by molar-refractivity contribution is -0.134. The van der Waals surface area contributed by atoms with Gasteiger partial charge in [-0.05, 0) is 93.5 Å². The molecule has 2 amide bonds. The van der Waals surface area contributed by atoms with Crippen LogP contribution in [0, 0.1) is 11.7 Å². The SMILES string of the molecule is CCOC(=O)Nc1ccc(C(=O)N(CCN2CCC(C(=O)c3ccc(F)cc3)CC2)c2ccccc2OC)cc1.O=C(O)/C=C/C(=O)O. The molecule has 0 spiro atoms. The number of aliphatic carboxylic acids is 2. The number of halogens is 1. The first kappa shape index (κ1) is 36.9. The summed E-state index contributed by atoms with van der Waals surface area (Å²) >= 11 is 0. The monoisotopic (exact) mass is 663 g/mol. The number of carboxylic acids is 2. The summed E-state index contributed by atoms with van der Waals surface area (Å²) in [6, 6.07) is 19.7. The van der Waals surface area contributed by atoms with E-state index >= 15 is 0 Å². The third kappa shape index (κ3) is 11.4. The molecule has 3 aromatic rings. The number of rotatable bonds is 12. The average Bonchev–Trinajstić information content (AvgIpc) is 3.08. The summed E-state index contributed by atoms with van der Waals surface area (Å²) in [5.41, 5.74) is 2.18. The minimum atomic E-state index is -1.26. The number of Topliss-reactive ketones (excluding diaryl/α,β-unsaturated/α-hetero) is 1. The molecule has 1 fully saturated rings. The van der Waals surface area contributed by atoms with E-state index in [4.69, 9.17) is 19.7 Å². The van der Waals surface area contributed by atoms with Crippen LogP contribution >= 0.6 is 0 Å². The van der Waals surface area contributed by atoms with Crippen LogP contribution in [0.25, 0.3) is 0 Å². The number of para-hydroxylation sites is 2. The molecule has 13 heteroatoms. The molecule has 0 unspecified atom stereocenters. The number of ketones is 1. The number of hydrogen-bond acceptors (Lipinski definition) is 8. The lowest BCUT2D eigenvalue weighted by atomic mass is 9.89. The second-order valence-electron chi connectivity index (χ2n) is 10.5. The van der Waals surface area contributed by atoms with Crippen molar-refractivity contribution in [1.82, 2.24) is 4.90 Å². The number of methoxy groups -OCH3 is 1. The van der Waals surface area contributed by atoms with E-state index in [0.717, 1.165) is 13.1 Å². The van der Waals surface area contributed by atoms with Crippen molar-refractivity contribution in [3.8, 4) is 5.75 Å². The lowest BCUT2D eigenvalue weighted by Gasteiger charge is -2.33. The maximum atomic E-state index is 13.7. The van der Waals surface area contributed by atoms with Crippen molar-refractivity contribution in [3.05, 3.63) is 102 Å². The van der Waals surface area contributed by atoms with Gasteiger partial charge in [-0.15, -0.1) is 0 Å². The minimum absolute atomic E-state index is 0.0476. The molecule has 0 aliphatic carbocycles. The van der Waals surface area contributed by atoms with Crippen LogP contribution in [0.2, 0.25) is 0 Å². The molecule has 4 rings (SSSR count). The van der Waals surface area contributed by atoms with E-state index in [1.807, 2.05) is 24.3 Å². The van der Waals surface area contributed by atoms with E-state index in [-0.39, 0.29) is 30.0 Å². The van der Waals surface area contributed by atoms with Crippen molar-refractivity contribution in [1.29, 1.82) is 0 Å². The van der Waals surface area contributed by atoms with Crippen LogP contribution in [0.3, 0.4) is 0 Å². The van der Waals surface area contributed by atoms with E-state index in [1.165, 1.54) is 12.1 Å². The van der Waals surface area contributed by atoms with Gasteiger partial charge in [0.25, 0.3) is 5.91 Å². The molecule has 0 saturated carbocycles. The Bertz CT molecular complexity index is 1570. The summed E-state index contributed by atoms with van der Waals surface area (Å²) in [5.74, 6) is -2.54. The van der Waals surface area contributed by atoms with E-state index in [2.05, 4.69) is 10.2 Å². The first-order valence-electron chi connectivity index (χ1n) is 15.2. The summed E-state index contributed by atoms with van der Waals surface area (Å²) in [4.78, 5) is 61.3. The highest BCUT2D eigenvalue weighted by Gasteiger charge is 2.27. The highest BCUT2D eigenvalue weighted by Crippen LogP contribution is 2.30. The zero-order valence-electron chi connectivity index (χ0n) is 26.6. The van der Waals surface area contributed by atoms with Gasteiger partial charge in [0, 0.05) is 48.0 Å². The minimum Gasteiger partial charge on any atom is -0.495 e. The third-order valence-corrected chi connectivity index (χ3v) is 7.37. The Morgan fingerprint density at radius 1 is 0.896 bits per heavy atom. The number of benzene rings is 3. The number of carbonyl (C=O) groups excluding carboxylic acids is 3. The van der Waals surface area contributed by atoms with Crippen LogP contribution in [-0.4, -0.2) is 84.7 Å². The first-order chi connectivity index (χ1) is 23.0. The molecule has 1 saturated heterocycles. The molecule has 0 bridgehead atoms. The second-order valence-corrected chi connectivity index (χ2v) is 10.5. The van der Waals surface area contributed by atoms with Crippen LogP contribution in [0.4, 0.5) is 20.6 Å². The Morgan fingerprint density at radius 3 is 2.04 bits per heavy atom. The summed E-state index contributed by atoms with van der Waals surface area (Å²) in [6.07, 6.45) is 1.96. The van der Waals surface area contributed by atoms with E-state index in [9.17, 15) is 28.4 Å². The van der Waals surface area contributed by atoms with Crippen LogP contribution in [-0.2, 0) is 14.3 Å². The van der Waals surface area contributed by atoms with Gasteiger partial charge in [0.05, 0.1) is 19.4 Å². The fraction of sp³-hybridized carbons (Fsp3) is 0.286. The van der Waals surface area contributed by atoms with Gasteiger partial charge in [-0.25, -0.2) is 18.8 Å². The van der Waals surface area contributed by atoms with Crippen LogP contribution in [0.15, 0.2) is 84.9 Å². The quantitative estimate of drug-likeness (QED) is 0.170. The summed E-state index contributed by atoms with van der Waals surface area (Å²) in [5, 5.41) is 18.3. The Labute approximate surface area is 277 Å². The zero-order chi connectivity index (χ0) is 35.1. The molecule has 3 aromatic carbocycles. The molecule has 12 nitrogen and oxygen atoms in total. The number of amides is 2. The highest BCUT2D eigenvalue weighted by molar-refractivity contribution is 6.07. The molecule has 254 valence electrons. The van der Waals surface area contributed by atoms with Crippen molar-refractivity contribution in [2.45, 2.75) is 19.8 Å². The number of nitrogens with zero attached hydrogens (tertiary/aromatic N) is 2. The second kappa shape index (κ2) is 18.6. The van der Waals surface area contributed by atoms with Crippen LogP contribution < -0.4 is 15.0 Å². The van der Waals surface area contributed by atoms with Gasteiger partial charge < -0.3 is 29.5 Å². The van der Waals surface area contributed by atoms with Gasteiger partial charge in [-0.1, -0.05) is 12.1 Å². The summed E-state index contributed by atoms with van der Waals surface area (Å²) in [6.45, 7) is 4.46. The molecule has 0 atom stereocenters. The largest absolute Gasteiger partial charge is 0.495 e. The number of hydrogen-bond donors (Lipinski definition) is 3. The lowest BCUT2D eigenvalue weighted by Crippen LogP contribution is -2.43. The molecule has 1 aliphatic rings. The number of piperidine rings is 1. The summed E-state index contributed by atoms with van der Waals surface area (Å²) in [7, 11) is 1.57. The molecule has 1 aliphatic heterocycles. The van der Waals surface area contributed by atoms with Gasteiger partial charge in [-0.2, -0.15) is 0 Å². The van der Waals surface area contributed by atoms with Crippen molar-refractivity contribution in [2.75, 3.05) is 50.1 Å². The van der Waals surface area contributed by atoms with E-state index in [0.29, 0.717) is 66.3 Å². The fourth-order valence-corrected chi connectivity index (χ4v) is 4.97. The molecule has 1 heterocycles. The third-order valence-electron chi connectivity index (χ3n) is 7.37. The molecular formula is C35H38FN3O9. The van der Waals surface area contributed by atoms with Crippen molar-refractivity contribution in [2.24, 2.45) is 5.92 Å². The smallest absolute Gasteiger partial charge is 0.411 e. The maximum Gasteiger partial charge on any atom is 0.411 e. The number of nitrogens with one attached hydrogen (secondary N) is 1. The maximum absolute atomic E-state index is 13.7. The standard InChI is InChI=1S/C31H34FN3O5.C4H4O4/c1-3-40-31(38)33-26-14-10-24(11-15-26)30(37)35(27-6-4-5-7-28(27)39-2)21-20-34-18-16-23(17-19-34)29(36)22-8-12-25(32)13-9-22;5-3(6)1-2-4(7)8/h4-15,23H,3,16-21H2,1-2H3,(H,33,38);1-2H,(H,5,6)(H,7,8)/b;2-1+. The number of carboxylic acid groups (broad SMARTS) is 2. The normalized spacial score (nSPS) is 13.1. The zero-order valence-corrected chi connectivity index (χ0v) is 26.6. The number of likely N-dealkylation sites (tertiary alicyclic amines) is 1. The van der Waals surface area contributed by atoms with E-state index in [1.54, 1.807) is 55.3 Å². The first-order valence-corrected chi connectivity index (χ1v) is 15.2. The molecular weight excluding hydrogens is 625 g/mol. The molecule has 0 aromatic heterocycles. The van der Waals surface area contributed by atoms with E-state index < -0.39 is 18.0 Å². The predicted octanol–water partition coefficient (Wildman–Crippen LogP) is 5.36. The Kier molecular flexibility index (Phi) is 14.3. The van der Waals surface area contributed by atoms with Crippen LogP contribution in [0.5, 0.6) is 5.75 Å². The number of anilines is 2. The molecule has 0 radical (unpaired) electrons. The van der Waals surface area contributed by atoms with Crippen molar-refractivity contribution < 1.29 is 48.0 Å². The van der Waals surface area contributed by atoms with Crippen LogP contribution in [0.1, 0.15) is 40.5 Å². The summed E-state index contributed by atoms with van der Waals surface area (Å²) < 4.78 is 23.7. The van der Waals surface area contributed by atoms with Gasteiger partial charge >= 0.3 is 18.0 Å². The Hall–Kier alpha value is -5.56. The van der Waals surface area contributed by atoms with Gasteiger partial charge in [0.1, 0.15) is 11.6 Å².